The minimum Gasteiger partial charge on any atom is -0.493 e. The number of benzene rings is 1. The summed E-state index contributed by atoms with van der Waals surface area (Å²) in [5, 5.41) is 12.1. The number of rotatable bonds is 3. The van der Waals surface area contributed by atoms with Crippen molar-refractivity contribution in [3.05, 3.63) is 41.3 Å². The predicted molar refractivity (Wildman–Crippen MR) is 91.5 cm³/mol. The molecule has 3 rings (SSSR count). The molecule has 4 nitrogen and oxygen atoms in total. The molecular weight excluding hydrogens is 294 g/mol. The van der Waals surface area contributed by atoms with Crippen LogP contribution in [0.2, 0.25) is 0 Å². The molecule has 0 amide bonds. The van der Waals surface area contributed by atoms with Gasteiger partial charge < -0.3 is 10.0 Å². The van der Waals surface area contributed by atoms with Crippen molar-refractivity contribution in [2.75, 3.05) is 11.4 Å². The van der Waals surface area contributed by atoms with Crippen molar-refractivity contribution in [1.29, 1.82) is 0 Å². The number of hydrogen-bond acceptors (Lipinski definition) is 5. The predicted octanol–water partition coefficient (Wildman–Crippen LogP) is 3.34. The Kier molecular flexibility index (Phi) is 4.36. The zero-order valence-electron chi connectivity index (χ0n) is 13.3. The summed E-state index contributed by atoms with van der Waals surface area (Å²) in [5.74, 6) is 0.124. The Balaban J connectivity index is 1.77. The van der Waals surface area contributed by atoms with Crippen LogP contribution in [-0.4, -0.2) is 39.7 Å². The zero-order chi connectivity index (χ0) is 15.7. The van der Waals surface area contributed by atoms with Crippen LogP contribution in [-0.2, 0) is 6.54 Å². The largest absolute Gasteiger partial charge is 0.493 e. The van der Waals surface area contributed by atoms with Crippen molar-refractivity contribution >= 4 is 16.5 Å². The van der Waals surface area contributed by atoms with E-state index in [0.29, 0.717) is 18.1 Å². The number of aromatic hydroxyl groups is 1. The van der Waals surface area contributed by atoms with E-state index in [1.165, 1.54) is 16.9 Å². The van der Waals surface area contributed by atoms with E-state index in [9.17, 15) is 5.11 Å². The maximum atomic E-state index is 9.51. The first kappa shape index (κ1) is 15.3. The van der Waals surface area contributed by atoms with E-state index in [1.807, 2.05) is 0 Å². The van der Waals surface area contributed by atoms with Crippen molar-refractivity contribution in [2.45, 2.75) is 45.4 Å². The van der Waals surface area contributed by atoms with Gasteiger partial charge in [-0.1, -0.05) is 30.3 Å². The average Bonchev–Trinajstić information content (AvgIpc) is 2.95. The average molecular weight is 317 g/mol. The number of piperazine rings is 1. The molecule has 0 aliphatic carbocycles. The minimum atomic E-state index is 0.124. The smallest absolute Gasteiger partial charge is 0.223 e. The fraction of sp³-hybridized carbons (Fsp3) is 0.471. The second kappa shape index (κ2) is 6.26. The maximum absolute atomic E-state index is 9.51. The van der Waals surface area contributed by atoms with Crippen molar-refractivity contribution in [3.63, 3.8) is 0 Å². The van der Waals surface area contributed by atoms with Gasteiger partial charge in [-0.25, -0.2) is 0 Å². The third-order valence-corrected chi connectivity index (χ3v) is 5.54. The molecule has 22 heavy (non-hydrogen) atoms. The lowest BCUT2D eigenvalue weighted by molar-refractivity contribution is 0.0974. The van der Waals surface area contributed by atoms with Crippen LogP contribution in [0.5, 0.6) is 5.88 Å². The van der Waals surface area contributed by atoms with E-state index >= 15 is 0 Å². The molecule has 0 bridgehead atoms. The summed E-state index contributed by atoms with van der Waals surface area (Å²) in [4.78, 5) is 9.12. The van der Waals surface area contributed by atoms with Crippen LogP contribution in [0.15, 0.2) is 35.7 Å². The molecule has 5 heteroatoms. The van der Waals surface area contributed by atoms with Gasteiger partial charge in [0.2, 0.25) is 5.88 Å². The van der Waals surface area contributed by atoms with Gasteiger partial charge >= 0.3 is 0 Å². The highest BCUT2D eigenvalue weighted by atomic mass is 32.1. The molecule has 0 spiro atoms. The van der Waals surface area contributed by atoms with E-state index < -0.39 is 0 Å². The molecule has 0 radical (unpaired) electrons. The molecule has 1 aromatic carbocycles. The summed E-state index contributed by atoms with van der Waals surface area (Å²) in [6.07, 6.45) is 0. The Morgan fingerprint density at radius 2 is 1.91 bits per heavy atom. The minimum absolute atomic E-state index is 0.124. The van der Waals surface area contributed by atoms with Gasteiger partial charge in [0.1, 0.15) is 0 Å². The molecule has 3 atom stereocenters. The number of hydrogen-bond donors (Lipinski definition) is 1. The first-order valence-electron chi connectivity index (χ1n) is 7.77. The monoisotopic (exact) mass is 317 g/mol. The zero-order valence-corrected chi connectivity index (χ0v) is 14.1. The topological polar surface area (TPSA) is 39.6 Å². The van der Waals surface area contributed by atoms with Crippen molar-refractivity contribution < 1.29 is 5.11 Å². The Morgan fingerprint density at radius 3 is 2.55 bits per heavy atom. The van der Waals surface area contributed by atoms with Crippen LogP contribution < -0.4 is 4.90 Å². The molecule has 1 fully saturated rings. The van der Waals surface area contributed by atoms with Gasteiger partial charge in [0.25, 0.3) is 0 Å². The SMILES string of the molecule is CC1C(C)N(Cc2ccccc2)C(C)CN1c1nc(O)cs1. The van der Waals surface area contributed by atoms with E-state index in [-0.39, 0.29) is 5.88 Å². The highest BCUT2D eigenvalue weighted by Crippen LogP contribution is 2.31. The van der Waals surface area contributed by atoms with Gasteiger partial charge in [-0.05, 0) is 26.3 Å². The summed E-state index contributed by atoms with van der Waals surface area (Å²) in [5.41, 5.74) is 1.36. The van der Waals surface area contributed by atoms with Crippen LogP contribution in [0.4, 0.5) is 5.13 Å². The van der Waals surface area contributed by atoms with Crippen molar-refractivity contribution in [1.82, 2.24) is 9.88 Å². The number of nitrogens with zero attached hydrogens (tertiary/aromatic N) is 3. The van der Waals surface area contributed by atoms with Crippen LogP contribution in [0.25, 0.3) is 0 Å². The third kappa shape index (κ3) is 2.96. The van der Waals surface area contributed by atoms with Crippen LogP contribution in [0.3, 0.4) is 0 Å². The van der Waals surface area contributed by atoms with Crippen LogP contribution in [0.1, 0.15) is 26.3 Å². The molecule has 3 unspecified atom stereocenters. The number of thiazole rings is 1. The van der Waals surface area contributed by atoms with E-state index in [2.05, 4.69) is 65.9 Å². The van der Waals surface area contributed by atoms with E-state index in [1.54, 1.807) is 5.38 Å². The summed E-state index contributed by atoms with van der Waals surface area (Å²) >= 11 is 1.52. The summed E-state index contributed by atoms with van der Waals surface area (Å²) in [6.45, 7) is 8.71. The Morgan fingerprint density at radius 1 is 1.18 bits per heavy atom. The Labute approximate surface area is 136 Å². The molecule has 1 saturated heterocycles. The summed E-state index contributed by atoms with van der Waals surface area (Å²) < 4.78 is 0. The molecule has 1 aromatic heterocycles. The first-order chi connectivity index (χ1) is 10.6. The normalized spacial score (nSPS) is 26.3. The summed E-state index contributed by atoms with van der Waals surface area (Å²) in [6, 6.07) is 11.9. The molecule has 1 aliphatic heterocycles. The molecule has 1 N–H and O–H groups in total. The highest BCUT2D eigenvalue weighted by molar-refractivity contribution is 7.13. The molecular formula is C17H23N3OS. The Hall–Kier alpha value is -1.59. The molecule has 2 aromatic rings. The fourth-order valence-corrected chi connectivity index (χ4v) is 4.02. The molecule has 0 saturated carbocycles. The lowest BCUT2D eigenvalue weighted by Crippen LogP contribution is -2.61. The lowest BCUT2D eigenvalue weighted by atomic mass is 10.00. The van der Waals surface area contributed by atoms with Gasteiger partial charge in [-0.3, -0.25) is 4.90 Å². The van der Waals surface area contributed by atoms with E-state index in [0.717, 1.165) is 18.2 Å². The summed E-state index contributed by atoms with van der Waals surface area (Å²) in [7, 11) is 0. The maximum Gasteiger partial charge on any atom is 0.223 e. The van der Waals surface area contributed by atoms with Gasteiger partial charge in [-0.2, -0.15) is 4.98 Å². The third-order valence-electron chi connectivity index (χ3n) is 4.67. The standard InChI is InChI=1S/C17H23N3OS/c1-12-9-20(17-18-16(21)11-22-17)14(3)13(2)19(12)10-15-7-5-4-6-8-15/h4-8,11-14,21H,9-10H2,1-3H3. The quantitative estimate of drug-likeness (QED) is 0.942. The van der Waals surface area contributed by atoms with Gasteiger partial charge in [0, 0.05) is 31.2 Å². The van der Waals surface area contributed by atoms with Gasteiger partial charge in [0.05, 0.1) is 5.38 Å². The van der Waals surface area contributed by atoms with Gasteiger partial charge in [0.15, 0.2) is 5.13 Å². The lowest BCUT2D eigenvalue weighted by Gasteiger charge is -2.48. The van der Waals surface area contributed by atoms with Gasteiger partial charge in [-0.15, -0.1) is 11.3 Å². The number of aromatic nitrogens is 1. The molecule has 118 valence electrons. The second-order valence-corrected chi connectivity index (χ2v) is 6.97. The van der Waals surface area contributed by atoms with Crippen LogP contribution >= 0.6 is 11.3 Å². The number of anilines is 1. The van der Waals surface area contributed by atoms with E-state index in [4.69, 9.17) is 0 Å². The van der Waals surface area contributed by atoms with Crippen LogP contribution in [0, 0.1) is 0 Å². The highest BCUT2D eigenvalue weighted by Gasteiger charge is 2.36. The Bertz CT molecular complexity index is 615. The van der Waals surface area contributed by atoms with Crippen molar-refractivity contribution in [3.8, 4) is 5.88 Å². The molecule has 2 heterocycles. The second-order valence-electron chi connectivity index (χ2n) is 6.13. The first-order valence-corrected chi connectivity index (χ1v) is 8.65. The molecule has 1 aliphatic rings. The van der Waals surface area contributed by atoms with Crippen molar-refractivity contribution in [2.24, 2.45) is 0 Å². The fourth-order valence-electron chi connectivity index (χ4n) is 3.23.